The molecule has 20 heavy (non-hydrogen) atoms. The van der Waals surface area contributed by atoms with Gasteiger partial charge in [-0.2, -0.15) is 0 Å². The SMILES string of the molecule is CCC1CCCCC1OCC1(CS(N)(=O)=O)CCCC1. The standard InChI is InChI=1S/C15H29NO3S/c1-2-13-7-3-4-8-14(13)19-11-15(9-5-6-10-15)12-20(16,17)18/h13-14H,2-12H2,1H3,(H2,16,17,18). The number of hydrogen-bond donors (Lipinski definition) is 1. The van der Waals surface area contributed by atoms with Crippen LogP contribution in [0.4, 0.5) is 0 Å². The third-order valence-corrected chi connectivity index (χ3v) is 6.15. The fraction of sp³-hybridized carbons (Fsp3) is 1.00. The minimum atomic E-state index is -3.42. The molecule has 0 aromatic heterocycles. The van der Waals surface area contributed by atoms with Gasteiger partial charge in [-0.05, 0) is 31.6 Å². The first kappa shape index (κ1) is 16.2. The molecular weight excluding hydrogens is 274 g/mol. The van der Waals surface area contributed by atoms with Crippen molar-refractivity contribution < 1.29 is 13.2 Å². The van der Waals surface area contributed by atoms with Gasteiger partial charge in [0.15, 0.2) is 0 Å². The molecule has 0 radical (unpaired) electrons. The van der Waals surface area contributed by atoms with Crippen LogP contribution in [0, 0.1) is 11.3 Å². The molecule has 118 valence electrons. The second-order valence-electron chi connectivity index (χ2n) is 6.82. The maximum atomic E-state index is 11.5. The van der Waals surface area contributed by atoms with Crippen molar-refractivity contribution in [1.82, 2.24) is 0 Å². The van der Waals surface area contributed by atoms with Crippen LogP contribution in [-0.2, 0) is 14.8 Å². The molecule has 2 saturated carbocycles. The minimum Gasteiger partial charge on any atom is -0.377 e. The molecular formula is C15H29NO3S. The Kier molecular flexibility index (Phi) is 5.49. The molecule has 0 saturated heterocycles. The van der Waals surface area contributed by atoms with E-state index >= 15 is 0 Å². The predicted molar refractivity (Wildman–Crippen MR) is 80.9 cm³/mol. The van der Waals surface area contributed by atoms with Gasteiger partial charge in [0.2, 0.25) is 10.0 Å². The lowest BCUT2D eigenvalue weighted by Gasteiger charge is -2.35. The van der Waals surface area contributed by atoms with Gasteiger partial charge in [-0.1, -0.05) is 39.0 Å². The highest BCUT2D eigenvalue weighted by Crippen LogP contribution is 2.40. The van der Waals surface area contributed by atoms with Crippen molar-refractivity contribution in [2.24, 2.45) is 16.5 Å². The maximum Gasteiger partial charge on any atom is 0.209 e. The van der Waals surface area contributed by atoms with E-state index in [0.717, 1.165) is 38.5 Å². The van der Waals surface area contributed by atoms with E-state index in [0.29, 0.717) is 18.6 Å². The number of nitrogens with two attached hydrogens (primary N) is 1. The summed E-state index contributed by atoms with van der Waals surface area (Å²) in [6, 6.07) is 0. The van der Waals surface area contributed by atoms with Crippen molar-refractivity contribution in [3.8, 4) is 0 Å². The molecule has 2 aliphatic carbocycles. The van der Waals surface area contributed by atoms with Crippen LogP contribution in [0.1, 0.15) is 64.7 Å². The largest absolute Gasteiger partial charge is 0.377 e. The lowest BCUT2D eigenvalue weighted by Crippen LogP contribution is -2.38. The summed E-state index contributed by atoms with van der Waals surface area (Å²) in [6.45, 7) is 2.80. The van der Waals surface area contributed by atoms with Crippen LogP contribution in [0.25, 0.3) is 0 Å². The van der Waals surface area contributed by atoms with Gasteiger partial charge in [0.05, 0.1) is 18.5 Å². The molecule has 0 spiro atoms. The van der Waals surface area contributed by atoms with E-state index in [1.165, 1.54) is 19.3 Å². The van der Waals surface area contributed by atoms with E-state index in [-0.39, 0.29) is 11.2 Å². The molecule has 2 N–H and O–H groups in total. The number of sulfonamides is 1. The average molecular weight is 303 g/mol. The summed E-state index contributed by atoms with van der Waals surface area (Å²) in [4.78, 5) is 0. The summed E-state index contributed by atoms with van der Waals surface area (Å²) < 4.78 is 29.2. The first-order chi connectivity index (χ1) is 9.44. The highest BCUT2D eigenvalue weighted by Gasteiger charge is 2.39. The normalized spacial score (nSPS) is 30.5. The van der Waals surface area contributed by atoms with Gasteiger partial charge in [0.1, 0.15) is 0 Å². The Balaban J connectivity index is 1.95. The van der Waals surface area contributed by atoms with Gasteiger partial charge >= 0.3 is 0 Å². The van der Waals surface area contributed by atoms with Crippen LogP contribution in [-0.4, -0.2) is 26.9 Å². The monoisotopic (exact) mass is 303 g/mol. The van der Waals surface area contributed by atoms with Crippen molar-refractivity contribution in [1.29, 1.82) is 0 Å². The third-order valence-electron chi connectivity index (χ3n) is 5.14. The van der Waals surface area contributed by atoms with Gasteiger partial charge in [-0.3, -0.25) is 0 Å². The topological polar surface area (TPSA) is 69.4 Å². The number of rotatable bonds is 6. The summed E-state index contributed by atoms with van der Waals surface area (Å²) >= 11 is 0. The Morgan fingerprint density at radius 3 is 2.40 bits per heavy atom. The van der Waals surface area contributed by atoms with Crippen LogP contribution in [0.5, 0.6) is 0 Å². The van der Waals surface area contributed by atoms with Crippen LogP contribution >= 0.6 is 0 Å². The molecule has 2 aliphatic rings. The summed E-state index contributed by atoms with van der Waals surface area (Å²) in [5.74, 6) is 0.737. The zero-order chi connectivity index (χ0) is 14.6. The molecule has 0 heterocycles. The molecule has 0 aromatic rings. The quantitative estimate of drug-likeness (QED) is 0.820. The molecule has 0 bridgehead atoms. The van der Waals surface area contributed by atoms with Crippen LogP contribution in [0.3, 0.4) is 0 Å². The first-order valence-electron chi connectivity index (χ1n) is 8.06. The van der Waals surface area contributed by atoms with Crippen molar-refractivity contribution in [3.05, 3.63) is 0 Å². The Morgan fingerprint density at radius 2 is 1.80 bits per heavy atom. The van der Waals surface area contributed by atoms with E-state index in [1.807, 2.05) is 0 Å². The van der Waals surface area contributed by atoms with Crippen molar-refractivity contribution in [2.75, 3.05) is 12.4 Å². The van der Waals surface area contributed by atoms with Crippen molar-refractivity contribution in [2.45, 2.75) is 70.8 Å². The van der Waals surface area contributed by atoms with Crippen molar-refractivity contribution >= 4 is 10.0 Å². The van der Waals surface area contributed by atoms with E-state index in [1.54, 1.807) is 0 Å². The van der Waals surface area contributed by atoms with E-state index in [4.69, 9.17) is 9.88 Å². The van der Waals surface area contributed by atoms with Crippen LogP contribution in [0.2, 0.25) is 0 Å². The number of primary sulfonamides is 1. The minimum absolute atomic E-state index is 0.0868. The van der Waals surface area contributed by atoms with Gasteiger partial charge < -0.3 is 4.74 Å². The van der Waals surface area contributed by atoms with E-state index in [2.05, 4.69) is 6.92 Å². The average Bonchev–Trinajstić information content (AvgIpc) is 2.83. The van der Waals surface area contributed by atoms with E-state index in [9.17, 15) is 8.42 Å². The summed E-state index contributed by atoms with van der Waals surface area (Å²) in [7, 11) is -3.42. The number of hydrogen-bond acceptors (Lipinski definition) is 3. The molecule has 2 fully saturated rings. The fourth-order valence-electron chi connectivity index (χ4n) is 4.03. The van der Waals surface area contributed by atoms with Crippen LogP contribution in [0.15, 0.2) is 0 Å². The maximum absolute atomic E-state index is 11.5. The van der Waals surface area contributed by atoms with Crippen molar-refractivity contribution in [3.63, 3.8) is 0 Å². The Hall–Kier alpha value is -0.130. The van der Waals surface area contributed by atoms with Gasteiger partial charge in [0, 0.05) is 5.41 Å². The molecule has 2 rings (SSSR count). The first-order valence-corrected chi connectivity index (χ1v) is 9.78. The van der Waals surface area contributed by atoms with Gasteiger partial charge in [-0.25, -0.2) is 13.6 Å². The Labute approximate surface area is 123 Å². The molecule has 0 aromatic carbocycles. The Morgan fingerprint density at radius 1 is 1.15 bits per heavy atom. The number of ether oxygens (including phenoxy) is 1. The summed E-state index contributed by atoms with van der Waals surface area (Å²) in [6.07, 6.45) is 10.5. The fourth-order valence-corrected chi connectivity index (χ4v) is 5.25. The molecule has 0 amide bonds. The predicted octanol–water partition coefficient (Wildman–Crippen LogP) is 2.82. The molecule has 2 unspecified atom stereocenters. The Bertz CT molecular complexity index is 401. The summed E-state index contributed by atoms with van der Waals surface area (Å²) in [5, 5.41) is 5.28. The molecule has 4 nitrogen and oxygen atoms in total. The highest BCUT2D eigenvalue weighted by molar-refractivity contribution is 7.89. The van der Waals surface area contributed by atoms with Gasteiger partial charge in [0.25, 0.3) is 0 Å². The second kappa shape index (κ2) is 6.75. The van der Waals surface area contributed by atoms with Crippen LogP contribution < -0.4 is 5.14 Å². The van der Waals surface area contributed by atoms with E-state index < -0.39 is 10.0 Å². The zero-order valence-corrected chi connectivity index (χ0v) is 13.5. The lowest BCUT2D eigenvalue weighted by atomic mass is 9.84. The molecule has 0 aliphatic heterocycles. The lowest BCUT2D eigenvalue weighted by molar-refractivity contribution is -0.0474. The zero-order valence-electron chi connectivity index (χ0n) is 12.6. The van der Waals surface area contributed by atoms with Gasteiger partial charge in [-0.15, -0.1) is 0 Å². The third kappa shape index (κ3) is 4.43. The highest BCUT2D eigenvalue weighted by atomic mass is 32.2. The summed E-state index contributed by atoms with van der Waals surface area (Å²) in [5.41, 5.74) is -0.219. The molecule has 2 atom stereocenters. The second-order valence-corrected chi connectivity index (χ2v) is 8.43. The smallest absolute Gasteiger partial charge is 0.209 e. The molecule has 5 heteroatoms.